The first-order valence-electron chi connectivity index (χ1n) is 8.09. The van der Waals surface area contributed by atoms with E-state index in [2.05, 4.69) is 5.32 Å². The van der Waals surface area contributed by atoms with Crippen molar-refractivity contribution in [1.82, 2.24) is 15.1 Å². The number of nitrogens with zero attached hydrogens (tertiary/aromatic N) is 2. The maximum atomic E-state index is 12.9. The summed E-state index contributed by atoms with van der Waals surface area (Å²) in [5.41, 5.74) is -0.635. The Morgan fingerprint density at radius 1 is 1.19 bits per heavy atom. The van der Waals surface area contributed by atoms with E-state index in [1.165, 1.54) is 16.2 Å². The quantitative estimate of drug-likeness (QED) is 0.745. The van der Waals surface area contributed by atoms with Crippen molar-refractivity contribution in [2.24, 2.45) is 0 Å². The van der Waals surface area contributed by atoms with Gasteiger partial charge in [0.2, 0.25) is 5.91 Å². The second kappa shape index (κ2) is 7.50. The molecule has 3 rings (SSSR count). The molecule has 0 aliphatic carbocycles. The summed E-state index contributed by atoms with van der Waals surface area (Å²) in [6.45, 7) is 1.64. The van der Waals surface area contributed by atoms with Gasteiger partial charge in [-0.1, -0.05) is 35.3 Å². The number of benzene rings is 1. The van der Waals surface area contributed by atoms with E-state index < -0.39 is 17.5 Å². The number of nitrogens with one attached hydrogen (secondary N) is 1. The number of urea groups is 1. The first kappa shape index (κ1) is 19.7. The minimum atomic E-state index is -1.23. The summed E-state index contributed by atoms with van der Waals surface area (Å²) in [5, 5.41) is 3.20. The van der Waals surface area contributed by atoms with Crippen LogP contribution in [0.25, 0.3) is 0 Å². The zero-order valence-corrected chi connectivity index (χ0v) is 17.0. The highest BCUT2D eigenvalue weighted by atomic mass is 35.5. The second-order valence-corrected chi connectivity index (χ2v) is 8.65. The van der Waals surface area contributed by atoms with Crippen molar-refractivity contribution in [2.75, 3.05) is 13.6 Å². The maximum Gasteiger partial charge on any atom is 0.325 e. The summed E-state index contributed by atoms with van der Waals surface area (Å²) in [6.07, 6.45) is 0. The average Bonchev–Trinajstić information content (AvgIpc) is 3.12. The predicted molar refractivity (Wildman–Crippen MR) is 105 cm³/mol. The summed E-state index contributed by atoms with van der Waals surface area (Å²) in [6, 6.07) is 9.65. The minimum Gasteiger partial charge on any atom is -0.339 e. The van der Waals surface area contributed by atoms with Gasteiger partial charge in [0, 0.05) is 16.9 Å². The Labute approximate surface area is 170 Å². The first-order chi connectivity index (χ1) is 12.7. The van der Waals surface area contributed by atoms with E-state index in [-0.39, 0.29) is 12.5 Å². The largest absolute Gasteiger partial charge is 0.339 e. The number of carbonyl (C=O) groups excluding carboxylic acids is 3. The van der Waals surface area contributed by atoms with E-state index in [1.54, 1.807) is 44.3 Å². The van der Waals surface area contributed by atoms with E-state index in [1.807, 2.05) is 6.07 Å². The molecule has 9 heteroatoms. The zero-order valence-electron chi connectivity index (χ0n) is 14.7. The molecule has 2 heterocycles. The Kier molecular flexibility index (Phi) is 5.46. The molecule has 0 spiro atoms. The molecule has 0 saturated carbocycles. The summed E-state index contributed by atoms with van der Waals surface area (Å²) in [7, 11) is 1.62. The van der Waals surface area contributed by atoms with Crippen LogP contribution in [0.15, 0.2) is 36.4 Å². The third-order valence-electron chi connectivity index (χ3n) is 4.44. The van der Waals surface area contributed by atoms with Gasteiger partial charge in [0.05, 0.1) is 10.9 Å². The van der Waals surface area contributed by atoms with E-state index in [0.29, 0.717) is 21.5 Å². The number of rotatable bonds is 5. The van der Waals surface area contributed by atoms with E-state index in [0.717, 1.165) is 9.78 Å². The first-order valence-corrected chi connectivity index (χ1v) is 9.66. The van der Waals surface area contributed by atoms with Gasteiger partial charge in [-0.25, -0.2) is 4.79 Å². The lowest BCUT2D eigenvalue weighted by molar-refractivity contribution is -0.138. The fourth-order valence-electron chi connectivity index (χ4n) is 2.83. The van der Waals surface area contributed by atoms with Crippen molar-refractivity contribution in [1.29, 1.82) is 0 Å². The summed E-state index contributed by atoms with van der Waals surface area (Å²) >= 11 is 13.2. The Morgan fingerprint density at radius 2 is 1.85 bits per heavy atom. The van der Waals surface area contributed by atoms with Gasteiger partial charge in [-0.2, -0.15) is 0 Å². The molecule has 1 saturated heterocycles. The average molecular weight is 426 g/mol. The maximum absolute atomic E-state index is 12.9. The van der Waals surface area contributed by atoms with Gasteiger partial charge < -0.3 is 10.2 Å². The highest BCUT2D eigenvalue weighted by molar-refractivity contribution is 7.16. The van der Waals surface area contributed by atoms with Crippen LogP contribution in [0.1, 0.15) is 17.4 Å². The van der Waals surface area contributed by atoms with Crippen molar-refractivity contribution < 1.29 is 14.4 Å². The number of likely N-dealkylation sites (N-methyl/N-ethyl adjacent to an activating group) is 1. The highest BCUT2D eigenvalue weighted by Gasteiger charge is 2.49. The molecule has 142 valence electrons. The molecular formula is C18H17Cl2N3O3S. The number of carbonyl (C=O) groups is 3. The molecule has 0 radical (unpaired) electrons. The number of imide groups is 1. The van der Waals surface area contributed by atoms with Gasteiger partial charge in [-0.15, -0.1) is 11.3 Å². The third-order valence-corrected chi connectivity index (χ3v) is 5.91. The van der Waals surface area contributed by atoms with Gasteiger partial charge in [0.25, 0.3) is 5.91 Å². The van der Waals surface area contributed by atoms with Crippen LogP contribution < -0.4 is 5.32 Å². The fraction of sp³-hybridized carbons (Fsp3) is 0.278. The van der Waals surface area contributed by atoms with Crippen LogP contribution in [0.2, 0.25) is 9.36 Å². The molecule has 1 aromatic heterocycles. The molecule has 1 fully saturated rings. The van der Waals surface area contributed by atoms with Crippen LogP contribution in [0, 0.1) is 0 Å². The topological polar surface area (TPSA) is 69.7 Å². The molecule has 6 nitrogen and oxygen atoms in total. The summed E-state index contributed by atoms with van der Waals surface area (Å²) < 4.78 is 0.638. The highest BCUT2D eigenvalue weighted by Crippen LogP contribution is 2.29. The number of hydrogen-bond donors (Lipinski definition) is 1. The fourth-order valence-corrected chi connectivity index (χ4v) is 4.10. The van der Waals surface area contributed by atoms with E-state index >= 15 is 0 Å². The molecule has 1 aliphatic heterocycles. The SMILES string of the molecule is CN(Cc1ccc(Cl)s1)C(=O)CN1C(=O)NC(C)(c2ccc(Cl)cc2)C1=O. The lowest BCUT2D eigenvalue weighted by Gasteiger charge is -2.23. The normalized spacial score (nSPS) is 19.3. The monoisotopic (exact) mass is 425 g/mol. The van der Waals surface area contributed by atoms with Crippen LogP contribution >= 0.6 is 34.5 Å². The van der Waals surface area contributed by atoms with Gasteiger partial charge >= 0.3 is 6.03 Å². The lowest BCUT2D eigenvalue weighted by atomic mass is 9.92. The van der Waals surface area contributed by atoms with Crippen molar-refractivity contribution in [3.63, 3.8) is 0 Å². The molecule has 4 amide bonds. The molecule has 1 atom stereocenters. The zero-order chi connectivity index (χ0) is 19.8. The van der Waals surface area contributed by atoms with Crippen molar-refractivity contribution in [2.45, 2.75) is 19.0 Å². The predicted octanol–water partition coefficient (Wildman–Crippen LogP) is 3.48. The molecular weight excluding hydrogens is 409 g/mol. The Bertz CT molecular complexity index is 900. The van der Waals surface area contributed by atoms with Gasteiger partial charge in [0.1, 0.15) is 12.1 Å². The number of thiophene rings is 1. The number of amides is 4. The molecule has 1 N–H and O–H groups in total. The summed E-state index contributed by atoms with van der Waals surface area (Å²) in [5.74, 6) is -0.820. The Hall–Kier alpha value is -2.09. The van der Waals surface area contributed by atoms with E-state index in [4.69, 9.17) is 23.2 Å². The Balaban J connectivity index is 1.71. The lowest BCUT2D eigenvalue weighted by Crippen LogP contribution is -2.43. The third kappa shape index (κ3) is 3.95. The minimum absolute atomic E-state index is 0.330. The van der Waals surface area contributed by atoms with Crippen LogP contribution in [0.4, 0.5) is 4.79 Å². The van der Waals surface area contributed by atoms with Crippen molar-refractivity contribution >= 4 is 52.4 Å². The molecule has 1 aromatic carbocycles. The summed E-state index contributed by atoms with van der Waals surface area (Å²) in [4.78, 5) is 41.0. The standard InChI is InChI=1S/C18H17Cl2N3O3S/c1-18(11-3-5-12(19)6-4-11)16(25)23(17(26)21-18)10-15(24)22(2)9-13-7-8-14(20)27-13/h3-8H,9-10H2,1-2H3,(H,21,26). The van der Waals surface area contributed by atoms with Crippen LogP contribution in [-0.2, 0) is 21.7 Å². The smallest absolute Gasteiger partial charge is 0.325 e. The van der Waals surface area contributed by atoms with Crippen LogP contribution in [-0.4, -0.2) is 41.2 Å². The van der Waals surface area contributed by atoms with E-state index in [9.17, 15) is 14.4 Å². The van der Waals surface area contributed by atoms with Crippen LogP contribution in [0.5, 0.6) is 0 Å². The van der Waals surface area contributed by atoms with Gasteiger partial charge in [-0.3, -0.25) is 14.5 Å². The molecule has 1 unspecified atom stereocenters. The number of halogens is 2. The molecule has 2 aromatic rings. The number of hydrogen-bond acceptors (Lipinski definition) is 4. The molecule has 1 aliphatic rings. The van der Waals surface area contributed by atoms with Gasteiger partial charge in [-0.05, 0) is 36.8 Å². The van der Waals surface area contributed by atoms with Crippen molar-refractivity contribution in [3.8, 4) is 0 Å². The Morgan fingerprint density at radius 3 is 2.44 bits per heavy atom. The van der Waals surface area contributed by atoms with Gasteiger partial charge in [0.15, 0.2) is 0 Å². The second-order valence-electron chi connectivity index (χ2n) is 6.41. The van der Waals surface area contributed by atoms with Crippen LogP contribution in [0.3, 0.4) is 0 Å². The molecule has 27 heavy (non-hydrogen) atoms. The van der Waals surface area contributed by atoms with Crippen molar-refractivity contribution in [3.05, 3.63) is 56.2 Å². The molecule has 0 bridgehead atoms.